The van der Waals surface area contributed by atoms with Crippen LogP contribution in [-0.4, -0.2) is 59.2 Å². The molecule has 6 nitrogen and oxygen atoms in total. The van der Waals surface area contributed by atoms with E-state index in [1.54, 1.807) is 13.8 Å². The number of hydrogen-bond acceptors (Lipinski definition) is 5. The average Bonchev–Trinajstić information content (AvgIpc) is 2.26. The van der Waals surface area contributed by atoms with Gasteiger partial charge in [0.1, 0.15) is 0 Å². The molecule has 0 aliphatic carbocycles. The summed E-state index contributed by atoms with van der Waals surface area (Å²) < 4.78 is 0. The molecule has 6 heteroatoms. The SMILES string of the molecule is CCNC(=O)C(C)NC(CO)(CO)CO. The lowest BCUT2D eigenvalue weighted by molar-refractivity contribution is -0.123. The molecule has 0 aromatic rings. The second-order valence-corrected chi connectivity index (χ2v) is 3.52. The predicted molar refractivity (Wildman–Crippen MR) is 55.3 cm³/mol. The second-order valence-electron chi connectivity index (χ2n) is 3.52. The van der Waals surface area contributed by atoms with Crippen molar-refractivity contribution in [3.05, 3.63) is 0 Å². The molecule has 0 spiro atoms. The number of rotatable bonds is 7. The fourth-order valence-electron chi connectivity index (χ4n) is 1.14. The largest absolute Gasteiger partial charge is 0.394 e. The van der Waals surface area contributed by atoms with E-state index in [9.17, 15) is 4.79 Å². The van der Waals surface area contributed by atoms with Crippen molar-refractivity contribution in [2.75, 3.05) is 26.4 Å². The number of amides is 1. The van der Waals surface area contributed by atoms with Crippen LogP contribution in [0.2, 0.25) is 0 Å². The molecule has 1 unspecified atom stereocenters. The number of aliphatic hydroxyl groups is 3. The molecule has 0 rings (SSSR count). The van der Waals surface area contributed by atoms with Gasteiger partial charge in [-0.15, -0.1) is 0 Å². The van der Waals surface area contributed by atoms with Crippen LogP contribution in [0, 0.1) is 0 Å². The van der Waals surface area contributed by atoms with Gasteiger partial charge in [-0.1, -0.05) is 0 Å². The van der Waals surface area contributed by atoms with Crippen LogP contribution in [0.3, 0.4) is 0 Å². The van der Waals surface area contributed by atoms with Gasteiger partial charge in [0.05, 0.1) is 31.4 Å². The minimum Gasteiger partial charge on any atom is -0.394 e. The van der Waals surface area contributed by atoms with Gasteiger partial charge in [0.15, 0.2) is 0 Å². The zero-order valence-electron chi connectivity index (χ0n) is 9.16. The van der Waals surface area contributed by atoms with Crippen molar-refractivity contribution in [1.82, 2.24) is 10.6 Å². The van der Waals surface area contributed by atoms with Crippen LogP contribution >= 0.6 is 0 Å². The van der Waals surface area contributed by atoms with Gasteiger partial charge in [-0.05, 0) is 13.8 Å². The quantitative estimate of drug-likeness (QED) is 0.336. The highest BCUT2D eigenvalue weighted by Crippen LogP contribution is 2.03. The standard InChI is InChI=1S/C9H20N2O4/c1-3-10-8(15)7(2)11-9(4-12,5-13)6-14/h7,11-14H,3-6H2,1-2H3,(H,10,15). The molecule has 0 fully saturated rings. The van der Waals surface area contributed by atoms with Gasteiger partial charge in [0, 0.05) is 6.54 Å². The summed E-state index contributed by atoms with van der Waals surface area (Å²) in [4.78, 5) is 11.4. The molecule has 0 heterocycles. The van der Waals surface area contributed by atoms with E-state index in [-0.39, 0.29) is 5.91 Å². The first kappa shape index (κ1) is 14.3. The first-order valence-corrected chi connectivity index (χ1v) is 4.93. The summed E-state index contributed by atoms with van der Waals surface area (Å²) in [5.41, 5.74) is -1.22. The number of hydrogen-bond donors (Lipinski definition) is 5. The molecule has 90 valence electrons. The van der Waals surface area contributed by atoms with Crippen molar-refractivity contribution in [3.63, 3.8) is 0 Å². The topological polar surface area (TPSA) is 102 Å². The number of aliphatic hydroxyl groups excluding tert-OH is 3. The Balaban J connectivity index is 4.34. The predicted octanol–water partition coefficient (Wildman–Crippen LogP) is -2.18. The van der Waals surface area contributed by atoms with Crippen molar-refractivity contribution in [2.24, 2.45) is 0 Å². The second kappa shape index (κ2) is 6.73. The van der Waals surface area contributed by atoms with Crippen LogP contribution in [0.25, 0.3) is 0 Å². The third kappa shape index (κ3) is 4.13. The molecule has 0 saturated heterocycles. The van der Waals surface area contributed by atoms with Crippen LogP contribution < -0.4 is 10.6 Å². The lowest BCUT2D eigenvalue weighted by Gasteiger charge is -2.31. The highest BCUT2D eigenvalue weighted by molar-refractivity contribution is 5.81. The molecule has 1 atom stereocenters. The van der Waals surface area contributed by atoms with Gasteiger partial charge in [0.2, 0.25) is 5.91 Å². The Morgan fingerprint density at radius 3 is 2.07 bits per heavy atom. The lowest BCUT2D eigenvalue weighted by Crippen LogP contribution is -2.60. The van der Waals surface area contributed by atoms with Gasteiger partial charge in [-0.2, -0.15) is 0 Å². The fraction of sp³-hybridized carbons (Fsp3) is 0.889. The van der Waals surface area contributed by atoms with Crippen molar-refractivity contribution >= 4 is 5.91 Å². The van der Waals surface area contributed by atoms with Gasteiger partial charge in [-0.3, -0.25) is 10.1 Å². The number of carbonyl (C=O) groups is 1. The van der Waals surface area contributed by atoms with E-state index in [1.807, 2.05) is 0 Å². The molecule has 0 radical (unpaired) electrons. The number of likely N-dealkylation sites (N-methyl/N-ethyl adjacent to an activating group) is 1. The zero-order chi connectivity index (χ0) is 11.9. The van der Waals surface area contributed by atoms with E-state index in [0.717, 1.165) is 0 Å². The first-order valence-electron chi connectivity index (χ1n) is 4.93. The van der Waals surface area contributed by atoms with Crippen LogP contribution in [0.15, 0.2) is 0 Å². The Morgan fingerprint density at radius 1 is 1.27 bits per heavy atom. The molecule has 0 bridgehead atoms. The Labute approximate surface area is 89.3 Å². The molecule has 1 amide bonds. The van der Waals surface area contributed by atoms with Crippen LogP contribution in [0.5, 0.6) is 0 Å². The van der Waals surface area contributed by atoms with Gasteiger partial charge in [0.25, 0.3) is 0 Å². The highest BCUT2D eigenvalue weighted by atomic mass is 16.3. The van der Waals surface area contributed by atoms with E-state index >= 15 is 0 Å². The third-order valence-electron chi connectivity index (χ3n) is 2.17. The molecule has 0 aromatic carbocycles. The van der Waals surface area contributed by atoms with E-state index < -0.39 is 31.4 Å². The van der Waals surface area contributed by atoms with E-state index in [0.29, 0.717) is 6.54 Å². The maximum atomic E-state index is 11.4. The van der Waals surface area contributed by atoms with Crippen LogP contribution in [0.4, 0.5) is 0 Å². The Bertz CT molecular complexity index is 186. The van der Waals surface area contributed by atoms with Crippen molar-refractivity contribution < 1.29 is 20.1 Å². The smallest absolute Gasteiger partial charge is 0.236 e. The monoisotopic (exact) mass is 220 g/mol. The molecule has 0 aliphatic heterocycles. The molecular weight excluding hydrogens is 200 g/mol. The van der Waals surface area contributed by atoms with Gasteiger partial charge < -0.3 is 20.6 Å². The van der Waals surface area contributed by atoms with Crippen molar-refractivity contribution in [2.45, 2.75) is 25.4 Å². The van der Waals surface area contributed by atoms with E-state index in [2.05, 4.69) is 10.6 Å². The van der Waals surface area contributed by atoms with Crippen LogP contribution in [-0.2, 0) is 4.79 Å². The van der Waals surface area contributed by atoms with Crippen molar-refractivity contribution in [3.8, 4) is 0 Å². The summed E-state index contributed by atoms with van der Waals surface area (Å²) in [6, 6.07) is -0.587. The minimum atomic E-state index is -1.22. The summed E-state index contributed by atoms with van der Waals surface area (Å²) in [6.45, 7) is 2.58. The molecule has 5 N–H and O–H groups in total. The number of nitrogens with one attached hydrogen (secondary N) is 2. The summed E-state index contributed by atoms with van der Waals surface area (Å²) in [5, 5.41) is 32.4. The molecule has 0 aromatic heterocycles. The summed E-state index contributed by atoms with van der Waals surface area (Å²) >= 11 is 0. The normalized spacial score (nSPS) is 13.7. The lowest BCUT2D eigenvalue weighted by atomic mass is 10.0. The Hall–Kier alpha value is -0.690. The summed E-state index contributed by atoms with van der Waals surface area (Å²) in [7, 11) is 0. The molecule has 0 saturated carbocycles. The fourth-order valence-corrected chi connectivity index (χ4v) is 1.14. The van der Waals surface area contributed by atoms with Gasteiger partial charge in [-0.25, -0.2) is 0 Å². The molecule has 0 aliphatic rings. The summed E-state index contributed by atoms with van der Waals surface area (Å²) in [5.74, 6) is -0.239. The number of carbonyl (C=O) groups excluding carboxylic acids is 1. The first-order chi connectivity index (χ1) is 7.05. The maximum Gasteiger partial charge on any atom is 0.236 e. The molecule has 15 heavy (non-hydrogen) atoms. The Morgan fingerprint density at radius 2 is 1.73 bits per heavy atom. The van der Waals surface area contributed by atoms with E-state index in [1.165, 1.54) is 0 Å². The minimum absolute atomic E-state index is 0.239. The van der Waals surface area contributed by atoms with E-state index in [4.69, 9.17) is 15.3 Å². The average molecular weight is 220 g/mol. The Kier molecular flexibility index (Phi) is 6.42. The highest BCUT2D eigenvalue weighted by Gasteiger charge is 2.31. The van der Waals surface area contributed by atoms with Crippen molar-refractivity contribution in [1.29, 1.82) is 0 Å². The van der Waals surface area contributed by atoms with Gasteiger partial charge >= 0.3 is 0 Å². The summed E-state index contributed by atoms with van der Waals surface area (Å²) in [6.07, 6.45) is 0. The van der Waals surface area contributed by atoms with Crippen LogP contribution in [0.1, 0.15) is 13.8 Å². The third-order valence-corrected chi connectivity index (χ3v) is 2.17. The maximum absolute atomic E-state index is 11.4. The molecular formula is C9H20N2O4. The zero-order valence-corrected chi connectivity index (χ0v) is 9.16.